The van der Waals surface area contributed by atoms with Crippen molar-refractivity contribution in [2.24, 2.45) is 5.92 Å². The van der Waals surface area contributed by atoms with Crippen LogP contribution in [-0.4, -0.2) is 39.9 Å². The third-order valence-corrected chi connectivity index (χ3v) is 8.73. The number of carbonyl (C=O) groups excluding carboxylic acids is 2. The molecular formula is C33H34N2O4S. The van der Waals surface area contributed by atoms with Crippen molar-refractivity contribution < 1.29 is 19.5 Å². The summed E-state index contributed by atoms with van der Waals surface area (Å²) in [6.45, 7) is 4.10. The smallest absolute Gasteiger partial charge is 0.326 e. The quantitative estimate of drug-likeness (QED) is 0.266. The number of nitrogens with one attached hydrogen (secondary N) is 1. The van der Waals surface area contributed by atoms with Gasteiger partial charge in [0, 0.05) is 30.2 Å². The number of hydrogen-bond acceptors (Lipinski definition) is 4. The maximum Gasteiger partial charge on any atom is 0.326 e. The van der Waals surface area contributed by atoms with Gasteiger partial charge in [-0.15, -0.1) is 11.3 Å². The first kappa shape index (κ1) is 27.6. The molecule has 5 rings (SSSR count). The molecule has 3 atom stereocenters. The fourth-order valence-electron chi connectivity index (χ4n) is 5.63. The average Bonchev–Trinajstić information content (AvgIpc) is 3.32. The molecule has 0 spiro atoms. The summed E-state index contributed by atoms with van der Waals surface area (Å²) in [6, 6.07) is 24.0. The highest BCUT2D eigenvalue weighted by atomic mass is 32.1. The topological polar surface area (TPSA) is 86.7 Å². The molecule has 3 aromatic carbocycles. The van der Waals surface area contributed by atoms with E-state index in [2.05, 4.69) is 22.8 Å². The first-order valence-electron chi connectivity index (χ1n) is 13.7. The summed E-state index contributed by atoms with van der Waals surface area (Å²) in [5.41, 5.74) is 2.89. The SMILES string of the molecule is CC(C)CC(C(=O)O)N1Cc2ccccc2CC(NC(=O)CC(c2ccccc2)c2scc3ccccc23)C1=O. The first-order chi connectivity index (χ1) is 19.3. The number of hydrogen-bond donors (Lipinski definition) is 2. The molecular weight excluding hydrogens is 520 g/mol. The van der Waals surface area contributed by atoms with Gasteiger partial charge >= 0.3 is 5.97 Å². The monoisotopic (exact) mass is 554 g/mol. The molecule has 1 aliphatic heterocycles. The van der Waals surface area contributed by atoms with Crippen LogP contribution >= 0.6 is 11.3 Å². The number of fused-ring (bicyclic) bond motifs is 2. The van der Waals surface area contributed by atoms with Crippen LogP contribution in [0.5, 0.6) is 0 Å². The van der Waals surface area contributed by atoms with Gasteiger partial charge in [0.05, 0.1) is 0 Å². The average molecular weight is 555 g/mol. The van der Waals surface area contributed by atoms with E-state index in [4.69, 9.17) is 0 Å². The van der Waals surface area contributed by atoms with E-state index in [0.29, 0.717) is 12.8 Å². The van der Waals surface area contributed by atoms with Crippen molar-refractivity contribution in [2.45, 2.75) is 57.7 Å². The molecule has 1 aromatic heterocycles. The second-order valence-electron chi connectivity index (χ2n) is 10.9. The van der Waals surface area contributed by atoms with Gasteiger partial charge in [0.2, 0.25) is 11.8 Å². The number of aliphatic carboxylic acids is 1. The van der Waals surface area contributed by atoms with E-state index in [-0.39, 0.29) is 36.6 Å². The largest absolute Gasteiger partial charge is 0.480 e. The molecule has 6 nitrogen and oxygen atoms in total. The van der Waals surface area contributed by atoms with Gasteiger partial charge in [0.15, 0.2) is 0 Å². The number of amides is 2. The Morgan fingerprint density at radius 1 is 0.975 bits per heavy atom. The predicted octanol–water partition coefficient (Wildman–Crippen LogP) is 5.99. The van der Waals surface area contributed by atoms with Crippen molar-refractivity contribution in [3.05, 3.63) is 106 Å². The Morgan fingerprint density at radius 2 is 1.65 bits per heavy atom. The molecule has 2 heterocycles. The van der Waals surface area contributed by atoms with Crippen molar-refractivity contribution in [1.29, 1.82) is 0 Å². The summed E-state index contributed by atoms with van der Waals surface area (Å²) in [4.78, 5) is 42.4. The molecule has 0 saturated carbocycles. The first-order valence-corrected chi connectivity index (χ1v) is 14.6. The van der Waals surface area contributed by atoms with Gasteiger partial charge in [0.1, 0.15) is 12.1 Å². The maximum atomic E-state index is 13.9. The van der Waals surface area contributed by atoms with Crippen molar-refractivity contribution in [1.82, 2.24) is 10.2 Å². The third-order valence-electron chi connectivity index (χ3n) is 7.60. The Morgan fingerprint density at radius 3 is 2.38 bits per heavy atom. The predicted molar refractivity (Wildman–Crippen MR) is 158 cm³/mol. The number of carboxylic acids is 1. The number of carboxylic acid groups (broad SMARTS) is 1. The highest BCUT2D eigenvalue weighted by molar-refractivity contribution is 7.11. The van der Waals surface area contributed by atoms with Gasteiger partial charge in [-0.3, -0.25) is 9.59 Å². The number of thiophene rings is 1. The highest BCUT2D eigenvalue weighted by Crippen LogP contribution is 2.38. The standard InChI is InChI=1S/C33H34N2O4S/c1-21(2)16-29(33(38)39)35-19-24-13-7-6-12-23(24)17-28(32(35)37)34-30(36)18-27(22-10-4-3-5-11-22)31-26-15-9-8-14-25(26)20-40-31/h3-15,20-21,27-29H,16-19H2,1-2H3,(H,34,36)(H,38,39). The fraction of sp³-hybridized carbons (Fsp3) is 0.303. The Hall–Kier alpha value is -3.97. The minimum absolute atomic E-state index is 0.0905. The Labute approximate surface area is 238 Å². The lowest BCUT2D eigenvalue weighted by atomic mass is 9.91. The summed E-state index contributed by atoms with van der Waals surface area (Å²) in [5.74, 6) is -1.70. The van der Waals surface area contributed by atoms with Crippen LogP contribution in [0.4, 0.5) is 0 Å². The zero-order valence-electron chi connectivity index (χ0n) is 22.7. The Kier molecular flexibility index (Phi) is 8.31. The molecule has 206 valence electrons. The third kappa shape index (κ3) is 5.94. The number of benzene rings is 3. The van der Waals surface area contributed by atoms with Crippen LogP contribution in [0.15, 0.2) is 84.2 Å². The summed E-state index contributed by atoms with van der Waals surface area (Å²) in [7, 11) is 0. The van der Waals surface area contributed by atoms with Crippen molar-refractivity contribution in [2.75, 3.05) is 0 Å². The number of rotatable bonds is 9. The summed E-state index contributed by atoms with van der Waals surface area (Å²) in [5, 5.41) is 17.5. The van der Waals surface area contributed by atoms with E-state index >= 15 is 0 Å². The summed E-state index contributed by atoms with van der Waals surface area (Å²) < 4.78 is 0. The Balaban J connectivity index is 1.44. The molecule has 2 N–H and O–H groups in total. The van der Waals surface area contributed by atoms with Crippen LogP contribution in [0.25, 0.3) is 10.8 Å². The zero-order valence-corrected chi connectivity index (χ0v) is 23.6. The molecule has 7 heteroatoms. The minimum Gasteiger partial charge on any atom is -0.480 e. The fourth-order valence-corrected chi connectivity index (χ4v) is 6.79. The van der Waals surface area contributed by atoms with E-state index in [1.54, 1.807) is 11.3 Å². The molecule has 3 unspecified atom stereocenters. The lowest BCUT2D eigenvalue weighted by Gasteiger charge is -2.31. The Bertz CT molecular complexity index is 1510. The molecule has 1 aliphatic rings. The second-order valence-corrected chi connectivity index (χ2v) is 11.8. The normalized spacial score (nSPS) is 16.8. The molecule has 4 aromatic rings. The van der Waals surface area contributed by atoms with Crippen LogP contribution in [0, 0.1) is 5.92 Å². The molecule has 2 amide bonds. The lowest BCUT2D eigenvalue weighted by molar-refractivity contribution is -0.152. The number of carbonyl (C=O) groups is 3. The summed E-state index contributed by atoms with van der Waals surface area (Å²) in [6.07, 6.45) is 0.836. The zero-order chi connectivity index (χ0) is 28.2. The van der Waals surface area contributed by atoms with E-state index in [1.807, 2.05) is 80.6 Å². The molecule has 0 fully saturated rings. The molecule has 0 radical (unpaired) electrons. The molecule has 0 saturated heterocycles. The summed E-state index contributed by atoms with van der Waals surface area (Å²) >= 11 is 1.64. The van der Waals surface area contributed by atoms with Crippen LogP contribution in [0.2, 0.25) is 0 Å². The van der Waals surface area contributed by atoms with Gasteiger partial charge in [0.25, 0.3) is 0 Å². The number of nitrogens with zero attached hydrogens (tertiary/aromatic N) is 1. The van der Waals surface area contributed by atoms with E-state index in [0.717, 1.165) is 32.3 Å². The maximum absolute atomic E-state index is 13.9. The van der Waals surface area contributed by atoms with Gasteiger partial charge < -0.3 is 15.3 Å². The van der Waals surface area contributed by atoms with E-state index in [1.165, 1.54) is 4.90 Å². The molecule has 0 aliphatic carbocycles. The minimum atomic E-state index is -1.03. The highest BCUT2D eigenvalue weighted by Gasteiger charge is 2.38. The van der Waals surface area contributed by atoms with Gasteiger partial charge in [-0.1, -0.05) is 92.7 Å². The van der Waals surface area contributed by atoms with E-state index < -0.39 is 18.1 Å². The van der Waals surface area contributed by atoms with Gasteiger partial charge in [-0.05, 0) is 45.2 Å². The molecule has 0 bridgehead atoms. The van der Waals surface area contributed by atoms with Crippen LogP contribution in [-0.2, 0) is 27.3 Å². The van der Waals surface area contributed by atoms with Crippen LogP contribution < -0.4 is 5.32 Å². The van der Waals surface area contributed by atoms with E-state index in [9.17, 15) is 19.5 Å². The van der Waals surface area contributed by atoms with Crippen LogP contribution in [0.3, 0.4) is 0 Å². The molecule has 40 heavy (non-hydrogen) atoms. The van der Waals surface area contributed by atoms with Gasteiger partial charge in [-0.25, -0.2) is 4.79 Å². The lowest BCUT2D eigenvalue weighted by Crippen LogP contribution is -2.53. The van der Waals surface area contributed by atoms with Crippen LogP contribution in [0.1, 0.15) is 54.2 Å². The van der Waals surface area contributed by atoms with Crippen molar-refractivity contribution in [3.63, 3.8) is 0 Å². The van der Waals surface area contributed by atoms with Crippen molar-refractivity contribution >= 4 is 39.9 Å². The van der Waals surface area contributed by atoms with Crippen molar-refractivity contribution in [3.8, 4) is 0 Å². The second kappa shape index (κ2) is 12.0. The van der Waals surface area contributed by atoms with Gasteiger partial charge in [-0.2, -0.15) is 0 Å².